The molecule has 0 saturated carbocycles. The number of rotatable bonds is 3. The molecule has 1 aromatic carbocycles. The van der Waals surface area contributed by atoms with E-state index in [1.54, 1.807) is 39.0 Å². The number of carbonyl (C=O) groups is 1. The van der Waals surface area contributed by atoms with E-state index in [9.17, 15) is 9.59 Å². The Labute approximate surface area is 142 Å². The highest BCUT2D eigenvalue weighted by molar-refractivity contribution is 6.35. The molecule has 3 rings (SSSR count). The van der Waals surface area contributed by atoms with Gasteiger partial charge in [0.1, 0.15) is 22.9 Å². The molecule has 2 aromatic heterocycles. The Kier molecular flexibility index (Phi) is 4.19. The van der Waals surface area contributed by atoms with E-state index in [4.69, 9.17) is 16.3 Å². The molecule has 0 radical (unpaired) electrons. The highest BCUT2D eigenvalue weighted by Crippen LogP contribution is 2.25. The lowest BCUT2D eigenvalue weighted by Gasteiger charge is -2.16. The van der Waals surface area contributed by atoms with E-state index in [2.05, 4.69) is 15.2 Å². The van der Waals surface area contributed by atoms with Crippen LogP contribution in [-0.4, -0.2) is 32.3 Å². The maximum atomic E-state index is 12.8. The molecule has 0 bridgehead atoms. The Morgan fingerprint density at radius 1 is 1.29 bits per heavy atom. The molecule has 0 aliphatic rings. The molecule has 1 atom stereocenters. The van der Waals surface area contributed by atoms with Crippen molar-refractivity contribution in [1.82, 2.24) is 19.7 Å². The first-order valence-electron chi connectivity index (χ1n) is 7.46. The van der Waals surface area contributed by atoms with Gasteiger partial charge in [0.2, 0.25) is 0 Å². The van der Waals surface area contributed by atoms with Gasteiger partial charge in [-0.1, -0.05) is 23.7 Å². The predicted molar refractivity (Wildman–Crippen MR) is 90.2 cm³/mol. The number of carbonyl (C=O) groups excluding carboxylic acids is 1. The first kappa shape index (κ1) is 16.3. The quantitative estimate of drug-likeness (QED) is 0.534. The average molecular weight is 347 g/mol. The van der Waals surface area contributed by atoms with Crippen LogP contribution in [0.25, 0.3) is 21.9 Å². The van der Waals surface area contributed by atoms with Crippen molar-refractivity contribution in [2.24, 2.45) is 0 Å². The van der Waals surface area contributed by atoms with Gasteiger partial charge in [0.05, 0.1) is 11.6 Å². The van der Waals surface area contributed by atoms with Crippen LogP contribution < -0.4 is 5.56 Å². The third-order valence-corrected chi connectivity index (χ3v) is 4.08. The van der Waals surface area contributed by atoms with Gasteiger partial charge in [0.15, 0.2) is 5.52 Å². The van der Waals surface area contributed by atoms with Gasteiger partial charge >= 0.3 is 5.97 Å². The van der Waals surface area contributed by atoms with Gasteiger partial charge in [0, 0.05) is 5.39 Å². The Morgan fingerprint density at radius 2 is 2.00 bits per heavy atom. The molecule has 0 amide bonds. The standard InChI is InChI=1S/C16H15ClN4O3/c1-4-24-16(23)8(2)21-9(3)18-13-10-6-5-7-11(17)12(10)19-20-14(13)15(21)22/h5-8H,4H2,1-3H3. The second kappa shape index (κ2) is 6.16. The smallest absolute Gasteiger partial charge is 0.329 e. The van der Waals surface area contributed by atoms with E-state index < -0.39 is 17.6 Å². The monoisotopic (exact) mass is 346 g/mol. The van der Waals surface area contributed by atoms with Crippen molar-refractivity contribution in [3.05, 3.63) is 39.4 Å². The lowest BCUT2D eigenvalue weighted by atomic mass is 10.2. The maximum Gasteiger partial charge on any atom is 0.329 e. The number of aromatic nitrogens is 4. The number of aryl methyl sites for hydroxylation is 1. The molecule has 0 fully saturated rings. The van der Waals surface area contributed by atoms with Crippen LogP contribution in [0, 0.1) is 6.92 Å². The predicted octanol–water partition coefficient (Wildman–Crippen LogP) is 2.43. The number of benzene rings is 1. The minimum atomic E-state index is -0.800. The third kappa shape index (κ3) is 2.50. The van der Waals surface area contributed by atoms with Crippen molar-refractivity contribution in [2.75, 3.05) is 6.61 Å². The molecular formula is C16H15ClN4O3. The van der Waals surface area contributed by atoms with Crippen LogP contribution in [0.5, 0.6) is 0 Å². The number of hydrogen-bond acceptors (Lipinski definition) is 6. The van der Waals surface area contributed by atoms with Gasteiger partial charge < -0.3 is 4.74 Å². The molecule has 8 heteroatoms. The van der Waals surface area contributed by atoms with Crippen LogP contribution >= 0.6 is 11.6 Å². The van der Waals surface area contributed by atoms with Crippen LogP contribution in [0.4, 0.5) is 0 Å². The maximum absolute atomic E-state index is 12.8. The highest BCUT2D eigenvalue weighted by atomic mass is 35.5. The fourth-order valence-electron chi connectivity index (χ4n) is 2.64. The third-order valence-electron chi connectivity index (χ3n) is 3.77. The summed E-state index contributed by atoms with van der Waals surface area (Å²) >= 11 is 6.12. The fourth-order valence-corrected chi connectivity index (χ4v) is 2.85. The van der Waals surface area contributed by atoms with Crippen LogP contribution in [0.1, 0.15) is 25.7 Å². The Balaban J connectivity index is 2.31. The van der Waals surface area contributed by atoms with Crippen LogP contribution in [0.15, 0.2) is 23.0 Å². The first-order chi connectivity index (χ1) is 11.5. The van der Waals surface area contributed by atoms with Crippen molar-refractivity contribution >= 4 is 39.5 Å². The first-order valence-corrected chi connectivity index (χ1v) is 7.83. The zero-order valence-corrected chi connectivity index (χ0v) is 14.2. The molecule has 3 aromatic rings. The summed E-state index contributed by atoms with van der Waals surface area (Å²) in [5, 5.41) is 9.08. The number of fused-ring (bicyclic) bond motifs is 3. The summed E-state index contributed by atoms with van der Waals surface area (Å²) in [5.74, 6) is -0.108. The highest BCUT2D eigenvalue weighted by Gasteiger charge is 2.22. The second-order valence-electron chi connectivity index (χ2n) is 5.30. The largest absolute Gasteiger partial charge is 0.464 e. The van der Waals surface area contributed by atoms with E-state index in [1.807, 2.05) is 0 Å². The van der Waals surface area contributed by atoms with Gasteiger partial charge in [-0.2, -0.15) is 0 Å². The van der Waals surface area contributed by atoms with Crippen molar-refractivity contribution in [3.63, 3.8) is 0 Å². The van der Waals surface area contributed by atoms with Crippen molar-refractivity contribution in [2.45, 2.75) is 26.8 Å². The minimum Gasteiger partial charge on any atom is -0.464 e. The lowest BCUT2D eigenvalue weighted by molar-refractivity contribution is -0.146. The normalized spacial score (nSPS) is 12.5. The fraction of sp³-hybridized carbons (Fsp3) is 0.312. The number of esters is 1. The second-order valence-corrected chi connectivity index (χ2v) is 5.70. The van der Waals surface area contributed by atoms with Crippen LogP contribution in [0.2, 0.25) is 5.02 Å². The number of ether oxygens (including phenoxy) is 1. The molecule has 0 saturated heterocycles. The summed E-state index contributed by atoms with van der Waals surface area (Å²) in [4.78, 5) is 29.2. The van der Waals surface area contributed by atoms with E-state index in [0.717, 1.165) is 0 Å². The molecule has 0 aliphatic heterocycles. The Bertz CT molecular complexity index is 1020. The topological polar surface area (TPSA) is 87.0 Å². The molecular weight excluding hydrogens is 332 g/mol. The molecule has 124 valence electrons. The zero-order chi connectivity index (χ0) is 17.4. The number of hydrogen-bond donors (Lipinski definition) is 0. The van der Waals surface area contributed by atoms with E-state index in [0.29, 0.717) is 27.3 Å². The van der Waals surface area contributed by atoms with Crippen molar-refractivity contribution in [1.29, 1.82) is 0 Å². The van der Waals surface area contributed by atoms with E-state index >= 15 is 0 Å². The Morgan fingerprint density at radius 3 is 2.71 bits per heavy atom. The van der Waals surface area contributed by atoms with E-state index in [-0.39, 0.29) is 12.1 Å². The molecule has 0 spiro atoms. The number of nitrogens with zero attached hydrogens (tertiary/aromatic N) is 4. The molecule has 0 aliphatic carbocycles. The molecule has 24 heavy (non-hydrogen) atoms. The van der Waals surface area contributed by atoms with Crippen molar-refractivity contribution < 1.29 is 9.53 Å². The zero-order valence-electron chi connectivity index (χ0n) is 13.4. The molecule has 7 nitrogen and oxygen atoms in total. The van der Waals surface area contributed by atoms with Crippen LogP contribution in [-0.2, 0) is 9.53 Å². The van der Waals surface area contributed by atoms with Gasteiger partial charge in [-0.25, -0.2) is 9.78 Å². The summed E-state index contributed by atoms with van der Waals surface area (Å²) in [5.41, 5.74) is 0.547. The molecule has 2 heterocycles. The van der Waals surface area contributed by atoms with Crippen molar-refractivity contribution in [3.8, 4) is 0 Å². The summed E-state index contributed by atoms with van der Waals surface area (Å²) in [6.07, 6.45) is 0. The summed E-state index contributed by atoms with van der Waals surface area (Å²) < 4.78 is 6.26. The summed E-state index contributed by atoms with van der Waals surface area (Å²) in [7, 11) is 0. The average Bonchev–Trinajstić information content (AvgIpc) is 2.55. The lowest BCUT2D eigenvalue weighted by Crippen LogP contribution is -2.32. The minimum absolute atomic E-state index is 0.0894. The molecule has 1 unspecified atom stereocenters. The van der Waals surface area contributed by atoms with Gasteiger partial charge in [-0.05, 0) is 26.8 Å². The summed E-state index contributed by atoms with van der Waals surface area (Å²) in [6.45, 7) is 5.19. The van der Waals surface area contributed by atoms with Gasteiger partial charge in [-0.3, -0.25) is 9.36 Å². The number of halogens is 1. The Hall–Kier alpha value is -2.54. The SMILES string of the molecule is CCOC(=O)C(C)n1c(C)nc2c(nnc3c(Cl)cccc32)c1=O. The van der Waals surface area contributed by atoms with E-state index in [1.165, 1.54) is 4.57 Å². The summed E-state index contributed by atoms with van der Waals surface area (Å²) in [6, 6.07) is 4.44. The van der Waals surface area contributed by atoms with Gasteiger partial charge in [0.25, 0.3) is 5.56 Å². The molecule has 0 N–H and O–H groups in total. The van der Waals surface area contributed by atoms with Gasteiger partial charge in [-0.15, -0.1) is 10.2 Å². The van der Waals surface area contributed by atoms with Crippen LogP contribution in [0.3, 0.4) is 0 Å².